The maximum atomic E-state index is 2.27. The van der Waals surface area contributed by atoms with Crippen LogP contribution in [0.1, 0.15) is 13.3 Å². The summed E-state index contributed by atoms with van der Waals surface area (Å²) in [5.41, 5.74) is 0. The summed E-state index contributed by atoms with van der Waals surface area (Å²) in [5, 5.41) is 0. The van der Waals surface area contributed by atoms with Gasteiger partial charge in [-0.2, -0.15) is 0 Å². The average molecular weight is 104 g/mol. The average Bonchev–Trinajstić information content (AvgIpc) is 1.41. The van der Waals surface area contributed by atoms with Crippen LogP contribution in [-0.2, 0) is 0 Å². The van der Waals surface area contributed by atoms with Gasteiger partial charge in [0.1, 0.15) is 0 Å². The quantitative estimate of drug-likeness (QED) is 0.405. The van der Waals surface area contributed by atoms with Crippen LogP contribution in [0, 0.1) is 0 Å². The lowest BCUT2D eigenvalue weighted by atomic mass is 10.6. The molecule has 0 rings (SSSR count). The van der Waals surface area contributed by atoms with Crippen molar-refractivity contribution >= 4 is 18.8 Å². The highest BCUT2D eigenvalue weighted by Gasteiger charge is 1.69. The number of hydrogen-bond donors (Lipinski definition) is 0. The summed E-state index contributed by atoms with van der Waals surface area (Å²) in [6.07, 6.45) is 1.44. The zero-order valence-corrected chi connectivity index (χ0v) is 7.54. The third kappa shape index (κ3) is 4.43. The van der Waals surface area contributed by atoms with Gasteiger partial charge >= 0.3 is 0 Å². The van der Waals surface area contributed by atoms with Crippen molar-refractivity contribution in [1.82, 2.24) is 0 Å². The molecule has 0 fully saturated rings. The summed E-state index contributed by atoms with van der Waals surface area (Å²) in [6.45, 7) is 2.27. The van der Waals surface area contributed by atoms with Gasteiger partial charge in [-0.1, -0.05) is 19.4 Å². The normalized spacial score (nSPS) is 11.4. The molecular weight excluding hydrogens is 92.2 g/mol. The molecule has 0 aromatic carbocycles. The van der Waals surface area contributed by atoms with Crippen molar-refractivity contribution in [2.24, 2.45) is 0 Å². The predicted molar refractivity (Wildman–Crippen MR) is 33.6 cm³/mol. The van der Waals surface area contributed by atoms with E-state index in [4.69, 9.17) is 0 Å². The first kappa shape index (κ1) is 5.43. The summed E-state index contributed by atoms with van der Waals surface area (Å²) in [7, 11) is 2.09. The van der Waals surface area contributed by atoms with Gasteiger partial charge in [0.05, 0.1) is 0 Å². The zero-order valence-electron chi connectivity index (χ0n) is 4.12. The highest BCUT2D eigenvalue weighted by Crippen LogP contribution is 1.78. The topological polar surface area (TPSA) is 0 Å². The molecule has 0 aliphatic heterocycles. The molecule has 0 aromatic rings. The second kappa shape index (κ2) is 4.43. The van der Waals surface area contributed by atoms with Gasteiger partial charge in [0.15, 0.2) is 0 Å². The van der Waals surface area contributed by atoms with Crippen molar-refractivity contribution in [3.8, 4) is 0 Å². The van der Waals surface area contributed by atoms with Gasteiger partial charge in [0.25, 0.3) is 0 Å². The Kier molecular flexibility index (Phi) is 4.82. The van der Waals surface area contributed by atoms with Gasteiger partial charge in [-0.25, -0.2) is 0 Å². The van der Waals surface area contributed by atoms with Crippen LogP contribution in [-0.4, -0.2) is 18.8 Å². The van der Waals surface area contributed by atoms with E-state index in [1.807, 2.05) is 0 Å². The SMILES string of the molecule is CCC[SiH2][SiH3]. The molecule has 32 valence electrons. The minimum Gasteiger partial charge on any atom is -0.0658 e. The molecule has 0 spiro atoms. The van der Waals surface area contributed by atoms with Gasteiger partial charge in [-0.3, -0.25) is 0 Å². The van der Waals surface area contributed by atoms with Crippen molar-refractivity contribution in [3.63, 3.8) is 0 Å². The summed E-state index contributed by atoms with van der Waals surface area (Å²) in [5.74, 6) is 0. The lowest BCUT2D eigenvalue weighted by molar-refractivity contribution is 1.08. The maximum absolute atomic E-state index is 2.27. The van der Waals surface area contributed by atoms with Gasteiger partial charge < -0.3 is 0 Å². The van der Waals surface area contributed by atoms with Crippen LogP contribution in [0.15, 0.2) is 0 Å². The van der Waals surface area contributed by atoms with Crippen molar-refractivity contribution < 1.29 is 0 Å². The van der Waals surface area contributed by atoms with Crippen LogP contribution < -0.4 is 0 Å². The Bertz CT molecular complexity index is 12.4. The molecule has 0 aliphatic rings. The molecule has 0 saturated heterocycles. The molecule has 0 nitrogen and oxygen atoms in total. The zero-order chi connectivity index (χ0) is 4.12. The van der Waals surface area contributed by atoms with Crippen molar-refractivity contribution in [2.75, 3.05) is 0 Å². The van der Waals surface area contributed by atoms with E-state index in [1.54, 1.807) is 6.04 Å². The Labute approximate surface area is 39.0 Å². The summed E-state index contributed by atoms with van der Waals surface area (Å²) in [4.78, 5) is 0. The molecule has 0 atom stereocenters. The molecule has 2 heteroatoms. The number of rotatable bonds is 2. The largest absolute Gasteiger partial charge is 0.0658 e. The lowest BCUT2D eigenvalue weighted by Crippen LogP contribution is -1.82. The Hall–Kier alpha value is 0.434. The minimum atomic E-state index is 0.553. The summed E-state index contributed by atoms with van der Waals surface area (Å²) >= 11 is 0. The lowest BCUT2D eigenvalue weighted by Gasteiger charge is -1.77. The monoisotopic (exact) mass is 104 g/mol. The molecule has 5 heavy (non-hydrogen) atoms. The maximum Gasteiger partial charge on any atom is 0.00411 e. The molecule has 0 aliphatic carbocycles. The van der Waals surface area contributed by atoms with E-state index in [0.717, 1.165) is 0 Å². The minimum absolute atomic E-state index is 0.553. The van der Waals surface area contributed by atoms with Gasteiger partial charge in [-0.15, -0.1) is 0 Å². The van der Waals surface area contributed by atoms with E-state index >= 15 is 0 Å². The number of hydrogen-bond acceptors (Lipinski definition) is 0. The summed E-state index contributed by atoms with van der Waals surface area (Å²) in [6, 6.07) is 1.59. The van der Waals surface area contributed by atoms with E-state index in [0.29, 0.717) is 9.04 Å². The molecule has 0 heterocycles. The molecule has 0 bridgehead atoms. The first-order valence-corrected chi connectivity index (χ1v) is 9.07. The molecule has 0 N–H and O–H groups in total. The standard InChI is InChI=1S/C3H12Si2/c1-2-3-5-4/h2-3,5H2,1,4H3. The molecule has 0 radical (unpaired) electrons. The van der Waals surface area contributed by atoms with Gasteiger partial charge in [0.2, 0.25) is 0 Å². The Balaban J connectivity index is 2.19. The predicted octanol–water partition coefficient (Wildman–Crippen LogP) is -0.736. The highest BCUT2D eigenvalue weighted by atomic mass is 29.1. The highest BCUT2D eigenvalue weighted by molar-refractivity contribution is 6.89. The second-order valence-corrected chi connectivity index (χ2v) is 6.06. The van der Waals surface area contributed by atoms with Crippen molar-refractivity contribution in [1.29, 1.82) is 0 Å². The fourth-order valence-corrected chi connectivity index (χ4v) is 3.18. The first-order chi connectivity index (χ1) is 2.41. The van der Waals surface area contributed by atoms with E-state index in [9.17, 15) is 0 Å². The fraction of sp³-hybridized carbons (Fsp3) is 1.00. The molecule has 0 amide bonds. The van der Waals surface area contributed by atoms with Crippen molar-refractivity contribution in [2.45, 2.75) is 19.4 Å². The van der Waals surface area contributed by atoms with Gasteiger partial charge in [-0.05, 0) is 9.76 Å². The third-order valence-corrected chi connectivity index (χ3v) is 4.24. The molecular formula is C3H12Si2. The van der Waals surface area contributed by atoms with Crippen LogP contribution in [0.2, 0.25) is 6.04 Å². The van der Waals surface area contributed by atoms with Crippen LogP contribution >= 0.6 is 0 Å². The van der Waals surface area contributed by atoms with Crippen molar-refractivity contribution in [3.05, 3.63) is 0 Å². The Morgan fingerprint density at radius 1 is 1.80 bits per heavy atom. The van der Waals surface area contributed by atoms with Crippen LogP contribution in [0.3, 0.4) is 0 Å². The van der Waals surface area contributed by atoms with E-state index < -0.39 is 0 Å². The molecule has 0 unspecified atom stereocenters. The molecule has 0 aromatic heterocycles. The third-order valence-electron chi connectivity index (χ3n) is 0.707. The second-order valence-electron chi connectivity index (χ2n) is 1.35. The fourth-order valence-electron chi connectivity index (χ4n) is 0.354. The first-order valence-electron chi connectivity index (χ1n) is 2.41. The van der Waals surface area contributed by atoms with E-state index in [1.165, 1.54) is 16.2 Å². The van der Waals surface area contributed by atoms with Crippen LogP contribution in [0.25, 0.3) is 0 Å². The smallest absolute Gasteiger partial charge is 0.00411 e. The Morgan fingerprint density at radius 3 is 2.40 bits per heavy atom. The molecule has 0 saturated carbocycles. The summed E-state index contributed by atoms with van der Waals surface area (Å²) < 4.78 is 0. The Morgan fingerprint density at radius 2 is 2.40 bits per heavy atom. The van der Waals surface area contributed by atoms with E-state index in [2.05, 4.69) is 6.92 Å². The van der Waals surface area contributed by atoms with Crippen LogP contribution in [0.4, 0.5) is 0 Å². The van der Waals surface area contributed by atoms with Crippen LogP contribution in [0.5, 0.6) is 0 Å². The van der Waals surface area contributed by atoms with E-state index in [-0.39, 0.29) is 0 Å². The van der Waals surface area contributed by atoms with Gasteiger partial charge in [0, 0.05) is 9.04 Å².